The molecule has 1 aromatic rings. The molecule has 0 aliphatic carbocycles. The zero-order valence-electron chi connectivity index (χ0n) is 18.1. The van der Waals surface area contributed by atoms with Crippen molar-refractivity contribution in [2.45, 2.75) is 39.7 Å². The van der Waals surface area contributed by atoms with Gasteiger partial charge < -0.3 is 24.8 Å². The van der Waals surface area contributed by atoms with Crippen LogP contribution in [0.5, 0.6) is 0 Å². The number of amides is 3. The van der Waals surface area contributed by atoms with Crippen LogP contribution in [-0.4, -0.2) is 79.6 Å². The molecule has 3 rings (SSSR count). The fourth-order valence-electron chi connectivity index (χ4n) is 4.03. The quantitative estimate of drug-likeness (QED) is 0.793. The molecular weight excluding hydrogens is 384 g/mol. The minimum absolute atomic E-state index is 0.0448. The number of anilines is 1. The Kier molecular flexibility index (Phi) is 7.18. The molecule has 0 atom stereocenters. The topological polar surface area (TPSA) is 82.2 Å². The van der Waals surface area contributed by atoms with Crippen LogP contribution >= 0.6 is 0 Å². The first-order valence-electron chi connectivity index (χ1n) is 10.8. The van der Waals surface area contributed by atoms with Gasteiger partial charge in [0.2, 0.25) is 5.91 Å². The first-order valence-corrected chi connectivity index (χ1v) is 10.8. The number of hydrogen-bond donors (Lipinski definition) is 1. The van der Waals surface area contributed by atoms with Crippen molar-refractivity contribution in [3.63, 3.8) is 0 Å². The Labute approximate surface area is 178 Å². The Morgan fingerprint density at radius 2 is 1.77 bits per heavy atom. The highest BCUT2D eigenvalue weighted by Gasteiger charge is 2.28. The Hall–Kier alpha value is -2.77. The van der Waals surface area contributed by atoms with Gasteiger partial charge in [-0.05, 0) is 51.3 Å². The summed E-state index contributed by atoms with van der Waals surface area (Å²) in [6.45, 7) is 9.08. The summed E-state index contributed by atoms with van der Waals surface area (Å²) in [6, 6.07) is 5.81. The van der Waals surface area contributed by atoms with Gasteiger partial charge in [0.1, 0.15) is 0 Å². The van der Waals surface area contributed by atoms with E-state index in [4.69, 9.17) is 4.74 Å². The molecule has 1 fully saturated rings. The van der Waals surface area contributed by atoms with Crippen LogP contribution in [0, 0.1) is 0 Å². The molecule has 164 valence electrons. The summed E-state index contributed by atoms with van der Waals surface area (Å²) in [4.78, 5) is 42.9. The number of hydrogen-bond acceptors (Lipinski definition) is 5. The zero-order chi connectivity index (χ0) is 21.7. The molecule has 1 aromatic carbocycles. The van der Waals surface area contributed by atoms with Gasteiger partial charge in [-0.1, -0.05) is 6.07 Å². The molecule has 1 saturated heterocycles. The molecule has 0 saturated carbocycles. The maximum atomic E-state index is 12.9. The Balaban J connectivity index is 1.64. The second-order valence-corrected chi connectivity index (χ2v) is 8.02. The van der Waals surface area contributed by atoms with Gasteiger partial charge in [0.05, 0.1) is 13.2 Å². The maximum absolute atomic E-state index is 12.9. The highest BCUT2D eigenvalue weighted by atomic mass is 16.6. The lowest BCUT2D eigenvalue weighted by Gasteiger charge is -2.37. The van der Waals surface area contributed by atoms with Gasteiger partial charge >= 0.3 is 6.09 Å². The van der Waals surface area contributed by atoms with Crippen LogP contribution in [0.3, 0.4) is 0 Å². The second kappa shape index (κ2) is 9.82. The number of benzene rings is 1. The van der Waals surface area contributed by atoms with E-state index in [9.17, 15) is 14.4 Å². The molecule has 0 radical (unpaired) electrons. The number of ether oxygens (including phenoxy) is 1. The average molecular weight is 417 g/mol. The second-order valence-electron chi connectivity index (χ2n) is 8.02. The Morgan fingerprint density at radius 3 is 2.43 bits per heavy atom. The van der Waals surface area contributed by atoms with Crippen molar-refractivity contribution in [2.24, 2.45) is 0 Å². The molecule has 0 unspecified atom stereocenters. The monoisotopic (exact) mass is 416 g/mol. The van der Waals surface area contributed by atoms with Crippen LogP contribution in [0.4, 0.5) is 10.5 Å². The van der Waals surface area contributed by atoms with Gasteiger partial charge in [-0.15, -0.1) is 0 Å². The summed E-state index contributed by atoms with van der Waals surface area (Å²) >= 11 is 0. The van der Waals surface area contributed by atoms with Crippen molar-refractivity contribution in [1.82, 2.24) is 15.1 Å². The van der Waals surface area contributed by atoms with E-state index in [2.05, 4.69) is 10.2 Å². The minimum atomic E-state index is -0.318. The molecule has 2 aliphatic heterocycles. The van der Waals surface area contributed by atoms with E-state index < -0.39 is 0 Å². The predicted octanol–water partition coefficient (Wildman–Crippen LogP) is 1.88. The van der Waals surface area contributed by atoms with Crippen molar-refractivity contribution >= 4 is 23.6 Å². The van der Waals surface area contributed by atoms with E-state index in [1.807, 2.05) is 32.0 Å². The van der Waals surface area contributed by atoms with Crippen LogP contribution in [0.2, 0.25) is 0 Å². The zero-order valence-corrected chi connectivity index (χ0v) is 18.1. The summed E-state index contributed by atoms with van der Waals surface area (Å²) in [6.07, 6.45) is 1.42. The van der Waals surface area contributed by atoms with E-state index in [0.29, 0.717) is 38.3 Å². The highest BCUT2D eigenvalue weighted by molar-refractivity contribution is 5.97. The van der Waals surface area contributed by atoms with Crippen LogP contribution in [0.25, 0.3) is 0 Å². The Morgan fingerprint density at radius 1 is 1.07 bits per heavy atom. The first-order chi connectivity index (χ1) is 14.4. The minimum Gasteiger partial charge on any atom is -0.450 e. The highest BCUT2D eigenvalue weighted by Crippen LogP contribution is 2.30. The van der Waals surface area contributed by atoms with Crippen molar-refractivity contribution in [2.75, 3.05) is 50.8 Å². The third-order valence-electron chi connectivity index (χ3n) is 5.50. The molecule has 8 heteroatoms. The van der Waals surface area contributed by atoms with Gasteiger partial charge in [-0.25, -0.2) is 4.79 Å². The van der Waals surface area contributed by atoms with Gasteiger partial charge in [0.25, 0.3) is 5.91 Å². The first kappa shape index (κ1) is 21.9. The number of piperazine rings is 1. The van der Waals surface area contributed by atoms with E-state index >= 15 is 0 Å². The van der Waals surface area contributed by atoms with Crippen LogP contribution in [0.1, 0.15) is 43.1 Å². The van der Waals surface area contributed by atoms with E-state index in [1.54, 1.807) is 16.7 Å². The fourth-order valence-corrected chi connectivity index (χ4v) is 4.03. The summed E-state index contributed by atoms with van der Waals surface area (Å²) in [7, 11) is 0. The number of nitrogens with one attached hydrogen (secondary N) is 1. The predicted molar refractivity (Wildman–Crippen MR) is 115 cm³/mol. The number of rotatable bonds is 5. The number of carbonyl (C=O) groups excluding carboxylic acids is 3. The number of carbonyl (C=O) groups is 3. The lowest BCUT2D eigenvalue weighted by Crippen LogP contribution is -2.53. The molecule has 0 spiro atoms. The van der Waals surface area contributed by atoms with E-state index in [-0.39, 0.29) is 30.5 Å². The SMILES string of the molecule is CCOC(=O)N1CCN(C(=O)CN2CCCc3c(C(=O)NC(C)C)cccc32)CC1. The summed E-state index contributed by atoms with van der Waals surface area (Å²) in [5.74, 6) is -0.0199. The van der Waals surface area contributed by atoms with Gasteiger partial charge in [0.15, 0.2) is 0 Å². The molecule has 0 bridgehead atoms. The van der Waals surface area contributed by atoms with E-state index in [1.165, 1.54) is 0 Å². The van der Waals surface area contributed by atoms with Gasteiger partial charge in [-0.2, -0.15) is 0 Å². The molecule has 1 N–H and O–H groups in total. The number of nitrogens with zero attached hydrogens (tertiary/aromatic N) is 3. The van der Waals surface area contributed by atoms with Gasteiger partial charge in [0, 0.05) is 50.0 Å². The lowest BCUT2D eigenvalue weighted by molar-refractivity contribution is -0.131. The third kappa shape index (κ3) is 5.04. The maximum Gasteiger partial charge on any atom is 0.409 e. The van der Waals surface area contributed by atoms with Crippen LogP contribution < -0.4 is 10.2 Å². The average Bonchev–Trinajstić information content (AvgIpc) is 2.73. The Bertz CT molecular complexity index is 787. The molecular formula is C22H32N4O4. The standard InChI is InChI=1S/C22H32N4O4/c1-4-30-22(29)25-13-11-24(12-14-25)20(27)15-26-10-6-8-17-18(7-5-9-19(17)26)21(28)23-16(2)3/h5,7,9,16H,4,6,8,10-15H2,1-3H3,(H,23,28). The normalized spacial score (nSPS) is 16.3. The van der Waals surface area contributed by atoms with Crippen LogP contribution in [-0.2, 0) is 16.0 Å². The van der Waals surface area contributed by atoms with Crippen molar-refractivity contribution < 1.29 is 19.1 Å². The third-order valence-corrected chi connectivity index (χ3v) is 5.50. The summed E-state index contributed by atoms with van der Waals surface area (Å²) in [5.41, 5.74) is 2.68. The lowest BCUT2D eigenvalue weighted by atomic mass is 9.95. The summed E-state index contributed by atoms with van der Waals surface area (Å²) in [5, 5.41) is 2.96. The molecule has 2 heterocycles. The fraction of sp³-hybridized carbons (Fsp3) is 0.591. The largest absolute Gasteiger partial charge is 0.450 e. The number of fused-ring (bicyclic) bond motifs is 1. The molecule has 2 aliphatic rings. The molecule has 30 heavy (non-hydrogen) atoms. The molecule has 3 amide bonds. The van der Waals surface area contributed by atoms with Crippen molar-refractivity contribution in [1.29, 1.82) is 0 Å². The van der Waals surface area contributed by atoms with E-state index in [0.717, 1.165) is 30.6 Å². The van der Waals surface area contributed by atoms with Crippen molar-refractivity contribution in [3.05, 3.63) is 29.3 Å². The van der Waals surface area contributed by atoms with Crippen LogP contribution in [0.15, 0.2) is 18.2 Å². The molecule has 0 aromatic heterocycles. The summed E-state index contributed by atoms with van der Waals surface area (Å²) < 4.78 is 5.03. The van der Waals surface area contributed by atoms with Crippen molar-refractivity contribution in [3.8, 4) is 0 Å². The smallest absolute Gasteiger partial charge is 0.409 e. The van der Waals surface area contributed by atoms with Gasteiger partial charge in [-0.3, -0.25) is 9.59 Å². The molecule has 8 nitrogen and oxygen atoms in total.